The molecule has 16 heavy (non-hydrogen) atoms. The number of hydrogen-bond donors (Lipinski definition) is 1. The number of nitrogens with zero attached hydrogens (tertiary/aromatic N) is 2. The number of nitrogens with one attached hydrogen (secondary N) is 1. The van der Waals surface area contributed by atoms with Crippen molar-refractivity contribution in [3.05, 3.63) is 11.7 Å². The Bertz CT molecular complexity index is 348. The van der Waals surface area contributed by atoms with Gasteiger partial charge in [-0.25, -0.2) is 8.78 Å². The molecule has 0 amide bonds. The van der Waals surface area contributed by atoms with E-state index < -0.39 is 12.0 Å². The van der Waals surface area contributed by atoms with Crippen LogP contribution in [0.5, 0.6) is 0 Å². The van der Waals surface area contributed by atoms with Gasteiger partial charge in [0.1, 0.15) is 6.61 Å². The molecule has 1 aromatic rings. The Kier molecular flexibility index (Phi) is 4.17. The summed E-state index contributed by atoms with van der Waals surface area (Å²) < 4.78 is 35.4. The number of rotatable bonds is 3. The highest BCUT2D eigenvalue weighted by molar-refractivity contribution is 5.85. The number of ether oxygens (including phenoxy) is 1. The van der Waals surface area contributed by atoms with Crippen molar-refractivity contribution in [3.8, 4) is 0 Å². The third-order valence-corrected chi connectivity index (χ3v) is 2.17. The highest BCUT2D eigenvalue weighted by Gasteiger charge is 2.42. The maximum absolute atomic E-state index is 12.9. The molecule has 1 aliphatic rings. The summed E-state index contributed by atoms with van der Waals surface area (Å²) in [4.78, 5) is 3.95. The first kappa shape index (κ1) is 13.3. The lowest BCUT2D eigenvalue weighted by atomic mass is 10.2. The Balaban J connectivity index is 0.00000128. The minimum Gasteiger partial charge on any atom is -0.377 e. The molecule has 1 saturated heterocycles. The van der Waals surface area contributed by atoms with E-state index in [0.717, 1.165) is 0 Å². The smallest absolute Gasteiger partial charge is 0.262 e. The van der Waals surface area contributed by atoms with E-state index in [9.17, 15) is 8.78 Å². The zero-order valence-corrected chi connectivity index (χ0v) is 9.39. The molecule has 1 atom stereocenters. The van der Waals surface area contributed by atoms with E-state index >= 15 is 0 Å². The van der Waals surface area contributed by atoms with Crippen LogP contribution in [-0.4, -0.2) is 29.7 Å². The molecule has 8 heteroatoms. The van der Waals surface area contributed by atoms with Gasteiger partial charge >= 0.3 is 0 Å². The van der Waals surface area contributed by atoms with Gasteiger partial charge < -0.3 is 9.26 Å². The van der Waals surface area contributed by atoms with Crippen molar-refractivity contribution in [1.29, 1.82) is 0 Å². The lowest BCUT2D eigenvalue weighted by Crippen LogP contribution is -2.19. The van der Waals surface area contributed by atoms with Crippen LogP contribution in [0, 0.1) is 0 Å². The average Bonchev–Trinajstić information content (AvgIpc) is 2.73. The van der Waals surface area contributed by atoms with Gasteiger partial charge in [-0.05, 0) is 0 Å². The molecular weight excluding hydrogens is 244 g/mol. The molecule has 2 rings (SSSR count). The lowest BCUT2D eigenvalue weighted by molar-refractivity contribution is 0.0200. The number of hydrogen-bond acceptors (Lipinski definition) is 5. The Morgan fingerprint density at radius 3 is 2.94 bits per heavy atom. The van der Waals surface area contributed by atoms with Gasteiger partial charge in [0.2, 0.25) is 5.89 Å². The Morgan fingerprint density at radius 2 is 2.38 bits per heavy atom. The van der Waals surface area contributed by atoms with Gasteiger partial charge in [0.05, 0.1) is 12.6 Å². The van der Waals surface area contributed by atoms with E-state index in [1.165, 1.54) is 7.11 Å². The standard InChI is InChI=1S/C8H11F2N3O2.ClH/c1-14-3-6-12-7(15-13-6)5-2-8(9,10)4-11-5;/h5,11H,2-4H2,1H3;1H. The third kappa shape index (κ3) is 2.87. The third-order valence-electron chi connectivity index (χ3n) is 2.17. The molecule has 1 aliphatic heterocycles. The van der Waals surface area contributed by atoms with Crippen molar-refractivity contribution in [2.24, 2.45) is 0 Å². The fourth-order valence-corrected chi connectivity index (χ4v) is 1.49. The SMILES string of the molecule is COCc1noc(C2CC(F)(F)CN2)n1.Cl. The second-order valence-corrected chi connectivity index (χ2v) is 3.48. The molecule has 0 aliphatic carbocycles. The summed E-state index contributed by atoms with van der Waals surface area (Å²) in [6.07, 6.45) is -0.304. The van der Waals surface area contributed by atoms with Crippen LogP contribution in [-0.2, 0) is 11.3 Å². The molecule has 0 bridgehead atoms. The second-order valence-electron chi connectivity index (χ2n) is 3.48. The largest absolute Gasteiger partial charge is 0.377 e. The zero-order chi connectivity index (χ0) is 10.9. The first-order valence-electron chi connectivity index (χ1n) is 4.53. The summed E-state index contributed by atoms with van der Waals surface area (Å²) in [5.74, 6) is -2.13. The van der Waals surface area contributed by atoms with Crippen LogP contribution >= 0.6 is 12.4 Å². The van der Waals surface area contributed by atoms with Crippen LogP contribution in [0.1, 0.15) is 24.2 Å². The summed E-state index contributed by atoms with van der Waals surface area (Å²) in [7, 11) is 1.50. The predicted molar refractivity (Wildman–Crippen MR) is 52.6 cm³/mol. The van der Waals surface area contributed by atoms with Crippen LogP contribution < -0.4 is 5.32 Å². The van der Waals surface area contributed by atoms with E-state index in [1.54, 1.807) is 0 Å². The Labute approximate surface area is 96.9 Å². The van der Waals surface area contributed by atoms with Crippen LogP contribution in [0.15, 0.2) is 4.52 Å². The van der Waals surface area contributed by atoms with Gasteiger partial charge in [-0.15, -0.1) is 12.4 Å². The van der Waals surface area contributed by atoms with Crippen molar-refractivity contribution in [2.45, 2.75) is 25.0 Å². The first-order valence-corrected chi connectivity index (χ1v) is 4.53. The normalized spacial score (nSPS) is 23.1. The van der Waals surface area contributed by atoms with E-state index in [2.05, 4.69) is 15.5 Å². The topological polar surface area (TPSA) is 60.2 Å². The zero-order valence-electron chi connectivity index (χ0n) is 8.57. The Morgan fingerprint density at radius 1 is 1.62 bits per heavy atom. The van der Waals surface area contributed by atoms with Crippen molar-refractivity contribution < 1.29 is 18.0 Å². The molecule has 2 heterocycles. The minimum atomic E-state index is -2.69. The van der Waals surface area contributed by atoms with E-state index in [0.29, 0.717) is 5.82 Å². The van der Waals surface area contributed by atoms with Gasteiger partial charge in [0.15, 0.2) is 5.82 Å². The van der Waals surface area contributed by atoms with Crippen molar-refractivity contribution in [2.75, 3.05) is 13.7 Å². The van der Waals surface area contributed by atoms with Crippen molar-refractivity contribution >= 4 is 12.4 Å². The van der Waals surface area contributed by atoms with Crippen LogP contribution in [0.25, 0.3) is 0 Å². The molecule has 1 unspecified atom stereocenters. The summed E-state index contributed by atoms with van der Waals surface area (Å²) in [5.41, 5.74) is 0. The lowest BCUT2D eigenvalue weighted by Gasteiger charge is -2.04. The van der Waals surface area contributed by atoms with E-state index in [1.807, 2.05) is 0 Å². The summed E-state index contributed by atoms with van der Waals surface area (Å²) >= 11 is 0. The Hall–Kier alpha value is -0.790. The maximum Gasteiger partial charge on any atom is 0.262 e. The predicted octanol–water partition coefficient (Wildman–Crippen LogP) is 1.31. The molecule has 0 aromatic carbocycles. The highest BCUT2D eigenvalue weighted by Crippen LogP contribution is 2.32. The van der Waals surface area contributed by atoms with Gasteiger partial charge in [0.25, 0.3) is 5.92 Å². The van der Waals surface area contributed by atoms with Crippen molar-refractivity contribution in [1.82, 2.24) is 15.5 Å². The molecule has 1 N–H and O–H groups in total. The number of aromatic nitrogens is 2. The van der Waals surface area contributed by atoms with Crippen molar-refractivity contribution in [3.63, 3.8) is 0 Å². The monoisotopic (exact) mass is 255 g/mol. The summed E-state index contributed by atoms with van der Waals surface area (Å²) in [6.45, 7) is -0.133. The quantitative estimate of drug-likeness (QED) is 0.882. The second kappa shape index (κ2) is 5.03. The van der Waals surface area contributed by atoms with Gasteiger partial charge in [0, 0.05) is 13.5 Å². The summed E-state index contributed by atoms with van der Waals surface area (Å²) in [5, 5.41) is 6.23. The molecule has 0 saturated carbocycles. The molecule has 5 nitrogen and oxygen atoms in total. The molecule has 92 valence electrons. The number of methoxy groups -OCH3 is 1. The molecule has 1 fully saturated rings. The van der Waals surface area contributed by atoms with Gasteiger partial charge in [-0.1, -0.05) is 5.16 Å². The van der Waals surface area contributed by atoms with Crippen LogP contribution in [0.4, 0.5) is 8.78 Å². The number of halogens is 3. The molecule has 0 spiro atoms. The van der Waals surface area contributed by atoms with Crippen LogP contribution in [0.3, 0.4) is 0 Å². The summed E-state index contributed by atoms with van der Waals surface area (Å²) in [6, 6.07) is -0.557. The fourth-order valence-electron chi connectivity index (χ4n) is 1.49. The maximum atomic E-state index is 12.9. The first-order chi connectivity index (χ1) is 7.11. The molecule has 0 radical (unpaired) electrons. The molecular formula is C8H12ClF2N3O2. The minimum absolute atomic E-state index is 0. The van der Waals surface area contributed by atoms with Gasteiger partial charge in [-0.3, -0.25) is 5.32 Å². The molecule has 1 aromatic heterocycles. The van der Waals surface area contributed by atoms with Gasteiger partial charge in [-0.2, -0.15) is 4.98 Å². The number of alkyl halides is 2. The fraction of sp³-hybridized carbons (Fsp3) is 0.750. The highest BCUT2D eigenvalue weighted by atomic mass is 35.5. The average molecular weight is 256 g/mol. The van der Waals surface area contributed by atoms with E-state index in [4.69, 9.17) is 9.26 Å². The van der Waals surface area contributed by atoms with Crippen LogP contribution in [0.2, 0.25) is 0 Å². The van der Waals surface area contributed by atoms with E-state index in [-0.39, 0.29) is 37.9 Å².